The van der Waals surface area contributed by atoms with Crippen molar-refractivity contribution in [3.05, 3.63) is 59.4 Å². The van der Waals surface area contributed by atoms with Crippen molar-refractivity contribution in [2.45, 2.75) is 19.9 Å². The maximum Gasteiger partial charge on any atom is 0.0906 e. The van der Waals surface area contributed by atoms with E-state index in [2.05, 4.69) is 21.1 Å². The van der Waals surface area contributed by atoms with Crippen molar-refractivity contribution in [1.29, 1.82) is 0 Å². The zero-order valence-electron chi connectivity index (χ0n) is 11.5. The summed E-state index contributed by atoms with van der Waals surface area (Å²) in [6.45, 7) is 3.62. The van der Waals surface area contributed by atoms with Gasteiger partial charge in [0.1, 0.15) is 0 Å². The first-order valence-corrected chi connectivity index (χ1v) is 6.76. The van der Waals surface area contributed by atoms with Crippen molar-refractivity contribution in [3.8, 4) is 0 Å². The molecule has 2 aromatic rings. The largest absolute Gasteiger partial charge is 0.411 e. The number of anilines is 1. The Bertz CT molecular complexity index is 652. The molecule has 3 rings (SSSR count). The quantitative estimate of drug-likeness (QED) is 0.672. The molecule has 0 saturated heterocycles. The lowest BCUT2D eigenvalue weighted by atomic mass is 9.99. The number of aromatic nitrogens is 1. The predicted octanol–water partition coefficient (Wildman–Crippen LogP) is 2.98. The van der Waals surface area contributed by atoms with E-state index in [4.69, 9.17) is 5.21 Å². The first-order chi connectivity index (χ1) is 9.78. The van der Waals surface area contributed by atoms with Gasteiger partial charge >= 0.3 is 0 Å². The van der Waals surface area contributed by atoms with Gasteiger partial charge in [-0.2, -0.15) is 0 Å². The zero-order chi connectivity index (χ0) is 13.9. The highest BCUT2D eigenvalue weighted by Crippen LogP contribution is 2.28. The number of fused-ring (bicyclic) bond motifs is 1. The molecule has 0 amide bonds. The highest BCUT2D eigenvalue weighted by Gasteiger charge is 2.21. The first-order valence-electron chi connectivity index (χ1n) is 6.76. The molecule has 0 bridgehead atoms. The summed E-state index contributed by atoms with van der Waals surface area (Å²) in [5.41, 5.74) is 4.97. The third-order valence-corrected chi connectivity index (χ3v) is 3.59. The predicted molar refractivity (Wildman–Crippen MR) is 79.4 cm³/mol. The lowest BCUT2D eigenvalue weighted by Gasteiger charge is -2.31. The second-order valence-electron chi connectivity index (χ2n) is 5.01. The number of oxime groups is 1. The van der Waals surface area contributed by atoms with E-state index in [1.807, 2.05) is 43.3 Å². The van der Waals surface area contributed by atoms with Crippen LogP contribution in [0.25, 0.3) is 0 Å². The number of rotatable bonds is 2. The smallest absolute Gasteiger partial charge is 0.0906 e. The fourth-order valence-electron chi connectivity index (χ4n) is 2.64. The summed E-state index contributed by atoms with van der Waals surface area (Å²) in [4.78, 5) is 6.84. The van der Waals surface area contributed by atoms with E-state index >= 15 is 0 Å². The summed E-state index contributed by atoms with van der Waals surface area (Å²) in [6, 6.07) is 14.1. The van der Waals surface area contributed by atoms with Crippen LogP contribution in [0.5, 0.6) is 0 Å². The molecular weight excluding hydrogens is 250 g/mol. The molecule has 0 atom stereocenters. The molecule has 1 aliphatic heterocycles. The Balaban J connectivity index is 1.92. The Morgan fingerprint density at radius 3 is 2.85 bits per heavy atom. The van der Waals surface area contributed by atoms with Crippen LogP contribution in [0.15, 0.2) is 47.6 Å². The van der Waals surface area contributed by atoms with E-state index in [1.165, 1.54) is 0 Å². The van der Waals surface area contributed by atoms with Gasteiger partial charge in [0, 0.05) is 29.9 Å². The molecule has 0 spiro atoms. The van der Waals surface area contributed by atoms with Gasteiger partial charge < -0.3 is 10.1 Å². The molecular formula is C16H17N3O. The van der Waals surface area contributed by atoms with Crippen molar-refractivity contribution in [2.75, 3.05) is 11.4 Å². The Hall–Kier alpha value is -2.36. The monoisotopic (exact) mass is 267 g/mol. The van der Waals surface area contributed by atoms with Crippen LogP contribution in [0.1, 0.15) is 23.4 Å². The second-order valence-corrected chi connectivity index (χ2v) is 5.01. The van der Waals surface area contributed by atoms with Gasteiger partial charge in [0.2, 0.25) is 0 Å². The number of aryl methyl sites for hydroxylation is 1. The van der Waals surface area contributed by atoms with E-state index in [9.17, 15) is 0 Å². The molecule has 0 fully saturated rings. The molecule has 0 unspecified atom stereocenters. The lowest BCUT2D eigenvalue weighted by molar-refractivity contribution is 0.317. The summed E-state index contributed by atoms with van der Waals surface area (Å²) < 4.78 is 0. The highest BCUT2D eigenvalue weighted by molar-refractivity contribution is 6.06. The molecule has 1 aliphatic rings. The van der Waals surface area contributed by atoms with E-state index in [0.717, 1.165) is 47.9 Å². The molecule has 102 valence electrons. The molecule has 0 saturated carbocycles. The lowest BCUT2D eigenvalue weighted by Crippen LogP contribution is -2.32. The van der Waals surface area contributed by atoms with E-state index in [1.54, 1.807) is 0 Å². The van der Waals surface area contributed by atoms with Crippen LogP contribution < -0.4 is 4.90 Å². The minimum atomic E-state index is 0.749. The third kappa shape index (κ3) is 2.37. The molecule has 1 aromatic heterocycles. The van der Waals surface area contributed by atoms with Crippen LogP contribution in [0.3, 0.4) is 0 Å². The third-order valence-electron chi connectivity index (χ3n) is 3.59. The number of hydrogen-bond acceptors (Lipinski definition) is 4. The van der Waals surface area contributed by atoms with Crippen LogP contribution in [-0.2, 0) is 6.54 Å². The number of hydrogen-bond donors (Lipinski definition) is 1. The van der Waals surface area contributed by atoms with E-state index in [-0.39, 0.29) is 0 Å². The van der Waals surface area contributed by atoms with Gasteiger partial charge in [0.25, 0.3) is 0 Å². The van der Waals surface area contributed by atoms with Crippen LogP contribution >= 0.6 is 0 Å². The SMILES string of the molecule is Cc1cccc(CN2CCC(=NO)c3ccccc32)n1. The first kappa shape index (κ1) is 12.7. The van der Waals surface area contributed by atoms with Gasteiger partial charge in [-0.15, -0.1) is 0 Å². The van der Waals surface area contributed by atoms with Crippen molar-refractivity contribution < 1.29 is 5.21 Å². The Labute approximate surface area is 118 Å². The summed E-state index contributed by atoms with van der Waals surface area (Å²) in [5, 5.41) is 12.5. The average molecular weight is 267 g/mol. The van der Waals surface area contributed by atoms with Crippen molar-refractivity contribution in [3.63, 3.8) is 0 Å². The average Bonchev–Trinajstić information content (AvgIpc) is 2.48. The van der Waals surface area contributed by atoms with Gasteiger partial charge in [-0.25, -0.2) is 0 Å². The van der Waals surface area contributed by atoms with Crippen LogP contribution in [-0.4, -0.2) is 22.4 Å². The van der Waals surface area contributed by atoms with Gasteiger partial charge in [-0.1, -0.05) is 29.4 Å². The van der Waals surface area contributed by atoms with Crippen LogP contribution in [0.2, 0.25) is 0 Å². The van der Waals surface area contributed by atoms with Gasteiger partial charge in [-0.3, -0.25) is 4.98 Å². The molecule has 4 nitrogen and oxygen atoms in total. The molecule has 0 radical (unpaired) electrons. The molecule has 4 heteroatoms. The van der Waals surface area contributed by atoms with Gasteiger partial charge in [0.15, 0.2) is 0 Å². The highest BCUT2D eigenvalue weighted by atomic mass is 16.4. The number of benzene rings is 1. The topological polar surface area (TPSA) is 48.7 Å². The Morgan fingerprint density at radius 1 is 1.20 bits per heavy atom. The van der Waals surface area contributed by atoms with Crippen LogP contribution in [0, 0.1) is 6.92 Å². The van der Waals surface area contributed by atoms with E-state index < -0.39 is 0 Å². The summed E-state index contributed by atoms with van der Waals surface area (Å²) >= 11 is 0. The minimum absolute atomic E-state index is 0.749. The van der Waals surface area contributed by atoms with Crippen LogP contribution in [0.4, 0.5) is 5.69 Å². The number of para-hydroxylation sites is 1. The fraction of sp³-hybridized carbons (Fsp3) is 0.250. The Morgan fingerprint density at radius 2 is 2.05 bits per heavy atom. The fourth-order valence-corrected chi connectivity index (χ4v) is 2.64. The second kappa shape index (κ2) is 5.33. The number of pyridine rings is 1. The van der Waals surface area contributed by atoms with Crippen molar-refractivity contribution in [1.82, 2.24) is 4.98 Å². The number of nitrogens with zero attached hydrogens (tertiary/aromatic N) is 3. The molecule has 0 aliphatic carbocycles. The summed E-state index contributed by atoms with van der Waals surface area (Å²) in [7, 11) is 0. The zero-order valence-corrected chi connectivity index (χ0v) is 11.5. The van der Waals surface area contributed by atoms with E-state index in [0.29, 0.717) is 0 Å². The maximum absolute atomic E-state index is 9.11. The molecule has 1 aromatic carbocycles. The molecule has 20 heavy (non-hydrogen) atoms. The van der Waals surface area contributed by atoms with Gasteiger partial charge in [-0.05, 0) is 25.1 Å². The molecule has 1 N–H and O–H groups in total. The normalized spacial score (nSPS) is 16.2. The minimum Gasteiger partial charge on any atom is -0.411 e. The Kier molecular flexibility index (Phi) is 3.37. The van der Waals surface area contributed by atoms with Crippen molar-refractivity contribution in [2.24, 2.45) is 5.16 Å². The molecule has 2 heterocycles. The van der Waals surface area contributed by atoms with Gasteiger partial charge in [0.05, 0.1) is 18.0 Å². The summed E-state index contributed by atoms with van der Waals surface area (Å²) in [6.07, 6.45) is 0.749. The summed E-state index contributed by atoms with van der Waals surface area (Å²) in [5.74, 6) is 0. The maximum atomic E-state index is 9.11. The van der Waals surface area contributed by atoms with Crippen molar-refractivity contribution >= 4 is 11.4 Å². The standard InChI is InChI=1S/C16H17N3O/c1-12-5-4-6-13(17-12)11-19-10-9-15(18-20)14-7-2-3-8-16(14)19/h2-8,20H,9-11H2,1H3.